The molecule has 1 aliphatic carbocycles. The van der Waals surface area contributed by atoms with Gasteiger partial charge in [0.2, 0.25) is 0 Å². The lowest BCUT2D eigenvalue weighted by atomic mass is 9.92. The van der Waals surface area contributed by atoms with Gasteiger partial charge in [-0.05, 0) is 42.7 Å². The smallest absolute Gasteiger partial charge is 0.326 e. The Hall–Kier alpha value is -1.51. The van der Waals surface area contributed by atoms with Crippen LogP contribution in [0.4, 0.5) is 5.69 Å². The predicted octanol–water partition coefficient (Wildman–Crippen LogP) is 2.55. The number of benzene rings is 1. The lowest BCUT2D eigenvalue weighted by Gasteiger charge is -2.38. The molecule has 2 aliphatic rings. The maximum absolute atomic E-state index is 11.6. The van der Waals surface area contributed by atoms with Gasteiger partial charge in [-0.3, -0.25) is 0 Å². The molecule has 3 rings (SSSR count). The number of carboxylic acid groups (broad SMARTS) is 1. The summed E-state index contributed by atoms with van der Waals surface area (Å²) >= 11 is 0. The summed E-state index contributed by atoms with van der Waals surface area (Å²) in [6.07, 6.45) is 3.18. The van der Waals surface area contributed by atoms with Crippen molar-refractivity contribution in [2.24, 2.45) is 11.8 Å². The number of anilines is 1. The molecule has 0 bridgehead atoms. The molecule has 1 N–H and O–H groups in total. The summed E-state index contributed by atoms with van der Waals surface area (Å²) in [5, 5.41) is 9.51. The molecule has 1 aromatic carbocycles. The van der Waals surface area contributed by atoms with E-state index in [1.165, 1.54) is 5.56 Å². The molecule has 0 amide bonds. The number of rotatable bonds is 3. The average molecular weight is 245 g/mol. The molecule has 1 fully saturated rings. The first-order valence-corrected chi connectivity index (χ1v) is 6.74. The summed E-state index contributed by atoms with van der Waals surface area (Å²) in [7, 11) is 0. The van der Waals surface area contributed by atoms with Crippen molar-refractivity contribution in [2.45, 2.75) is 32.2 Å². The molecule has 2 unspecified atom stereocenters. The number of para-hydroxylation sites is 1. The van der Waals surface area contributed by atoms with Crippen LogP contribution in [-0.4, -0.2) is 23.7 Å². The first-order valence-electron chi connectivity index (χ1n) is 6.74. The summed E-state index contributed by atoms with van der Waals surface area (Å²) < 4.78 is 0. The van der Waals surface area contributed by atoms with Crippen molar-refractivity contribution in [1.29, 1.82) is 0 Å². The van der Waals surface area contributed by atoms with E-state index in [4.69, 9.17) is 0 Å². The predicted molar refractivity (Wildman–Crippen MR) is 70.8 cm³/mol. The highest BCUT2D eigenvalue weighted by molar-refractivity contribution is 5.80. The van der Waals surface area contributed by atoms with Crippen LogP contribution >= 0.6 is 0 Å². The average Bonchev–Trinajstić information content (AvgIpc) is 3.13. The molecule has 0 aromatic heterocycles. The highest BCUT2D eigenvalue weighted by Crippen LogP contribution is 2.40. The number of aliphatic carboxylic acids is 1. The Balaban J connectivity index is 1.98. The van der Waals surface area contributed by atoms with Crippen LogP contribution in [0, 0.1) is 11.8 Å². The fourth-order valence-electron chi connectivity index (χ4n) is 3.10. The Bertz CT molecular complexity index is 467. The minimum Gasteiger partial charge on any atom is -0.480 e. The number of nitrogens with zero attached hydrogens (tertiary/aromatic N) is 1. The van der Waals surface area contributed by atoms with Crippen molar-refractivity contribution < 1.29 is 9.90 Å². The number of hydrogen-bond donors (Lipinski definition) is 1. The summed E-state index contributed by atoms with van der Waals surface area (Å²) in [6, 6.07) is 7.92. The molecule has 18 heavy (non-hydrogen) atoms. The zero-order chi connectivity index (χ0) is 12.7. The van der Waals surface area contributed by atoms with Crippen LogP contribution in [0.5, 0.6) is 0 Å². The number of carboxylic acids is 1. The zero-order valence-corrected chi connectivity index (χ0v) is 10.7. The van der Waals surface area contributed by atoms with Crippen molar-refractivity contribution in [2.75, 3.05) is 11.4 Å². The Labute approximate surface area is 107 Å². The Morgan fingerprint density at radius 3 is 2.78 bits per heavy atom. The summed E-state index contributed by atoms with van der Waals surface area (Å²) in [5.74, 6) is 0.211. The van der Waals surface area contributed by atoms with Gasteiger partial charge < -0.3 is 10.0 Å². The van der Waals surface area contributed by atoms with E-state index in [0.29, 0.717) is 11.8 Å². The molecule has 1 saturated carbocycles. The minimum atomic E-state index is -0.665. The molecular formula is C15H19NO2. The van der Waals surface area contributed by atoms with Crippen LogP contribution in [0.15, 0.2) is 24.3 Å². The Morgan fingerprint density at radius 1 is 1.39 bits per heavy atom. The SMILES string of the molecule is CC1Cc2ccccc2N(C(C(=O)O)C2CC2)C1. The van der Waals surface area contributed by atoms with Gasteiger partial charge in [0.1, 0.15) is 6.04 Å². The second-order valence-corrected chi connectivity index (χ2v) is 5.71. The monoisotopic (exact) mass is 245 g/mol. The summed E-state index contributed by atoms with van der Waals surface area (Å²) in [5.41, 5.74) is 2.43. The molecule has 1 aromatic rings. The normalized spacial score (nSPS) is 24.5. The van der Waals surface area contributed by atoms with Crippen LogP contribution in [0.2, 0.25) is 0 Å². The highest BCUT2D eigenvalue weighted by atomic mass is 16.4. The summed E-state index contributed by atoms with van der Waals surface area (Å²) in [4.78, 5) is 13.7. The highest BCUT2D eigenvalue weighted by Gasteiger charge is 2.42. The van der Waals surface area contributed by atoms with Crippen molar-refractivity contribution in [1.82, 2.24) is 0 Å². The third-order valence-corrected chi connectivity index (χ3v) is 4.04. The Kier molecular flexibility index (Phi) is 2.77. The van der Waals surface area contributed by atoms with Gasteiger partial charge in [0.15, 0.2) is 0 Å². The lowest BCUT2D eigenvalue weighted by Crippen LogP contribution is -2.47. The van der Waals surface area contributed by atoms with Crippen LogP contribution < -0.4 is 4.90 Å². The topological polar surface area (TPSA) is 40.5 Å². The third-order valence-electron chi connectivity index (χ3n) is 4.04. The molecule has 0 spiro atoms. The van der Waals surface area contributed by atoms with E-state index in [-0.39, 0.29) is 6.04 Å². The summed E-state index contributed by atoms with van der Waals surface area (Å²) in [6.45, 7) is 3.07. The van der Waals surface area contributed by atoms with E-state index >= 15 is 0 Å². The maximum Gasteiger partial charge on any atom is 0.326 e. The molecule has 3 nitrogen and oxygen atoms in total. The molecule has 1 heterocycles. The van der Waals surface area contributed by atoms with E-state index < -0.39 is 5.97 Å². The van der Waals surface area contributed by atoms with Crippen LogP contribution in [0.3, 0.4) is 0 Å². The van der Waals surface area contributed by atoms with Gasteiger partial charge in [0.05, 0.1) is 0 Å². The van der Waals surface area contributed by atoms with Gasteiger partial charge >= 0.3 is 5.97 Å². The van der Waals surface area contributed by atoms with Crippen molar-refractivity contribution in [3.63, 3.8) is 0 Å². The molecule has 0 radical (unpaired) electrons. The quantitative estimate of drug-likeness (QED) is 0.889. The number of carbonyl (C=O) groups is 1. The third kappa shape index (κ3) is 1.98. The molecule has 96 valence electrons. The number of hydrogen-bond acceptors (Lipinski definition) is 2. The van der Waals surface area contributed by atoms with Gasteiger partial charge in [-0.2, -0.15) is 0 Å². The van der Waals surface area contributed by atoms with Gasteiger partial charge in [-0.15, -0.1) is 0 Å². The van der Waals surface area contributed by atoms with Gasteiger partial charge in [0.25, 0.3) is 0 Å². The van der Waals surface area contributed by atoms with Crippen LogP contribution in [0.1, 0.15) is 25.3 Å². The van der Waals surface area contributed by atoms with E-state index in [1.54, 1.807) is 0 Å². The van der Waals surface area contributed by atoms with Crippen LogP contribution in [0.25, 0.3) is 0 Å². The Morgan fingerprint density at radius 2 is 2.11 bits per heavy atom. The van der Waals surface area contributed by atoms with Gasteiger partial charge in [0, 0.05) is 12.2 Å². The standard InChI is InChI=1S/C15H19NO2/c1-10-8-12-4-2-3-5-13(12)16(9-10)14(15(17)18)11-6-7-11/h2-5,10-11,14H,6-9H2,1H3,(H,17,18). The van der Waals surface area contributed by atoms with E-state index in [0.717, 1.165) is 31.5 Å². The van der Waals surface area contributed by atoms with Crippen molar-refractivity contribution in [3.05, 3.63) is 29.8 Å². The van der Waals surface area contributed by atoms with Gasteiger partial charge in [-0.25, -0.2) is 4.79 Å². The van der Waals surface area contributed by atoms with Crippen LogP contribution in [-0.2, 0) is 11.2 Å². The van der Waals surface area contributed by atoms with Crippen molar-refractivity contribution >= 4 is 11.7 Å². The largest absolute Gasteiger partial charge is 0.480 e. The van der Waals surface area contributed by atoms with E-state index in [1.807, 2.05) is 12.1 Å². The second kappa shape index (κ2) is 4.30. The maximum atomic E-state index is 11.6. The number of fused-ring (bicyclic) bond motifs is 1. The first kappa shape index (κ1) is 11.6. The zero-order valence-electron chi connectivity index (χ0n) is 10.7. The van der Waals surface area contributed by atoms with E-state index in [9.17, 15) is 9.90 Å². The molecule has 2 atom stereocenters. The second-order valence-electron chi connectivity index (χ2n) is 5.71. The van der Waals surface area contributed by atoms with E-state index in [2.05, 4.69) is 24.0 Å². The fraction of sp³-hybridized carbons (Fsp3) is 0.533. The molecule has 3 heteroatoms. The molecular weight excluding hydrogens is 226 g/mol. The molecule has 0 saturated heterocycles. The van der Waals surface area contributed by atoms with Gasteiger partial charge in [-0.1, -0.05) is 25.1 Å². The first-order chi connectivity index (χ1) is 8.66. The fourth-order valence-corrected chi connectivity index (χ4v) is 3.10. The minimum absolute atomic E-state index is 0.325. The van der Waals surface area contributed by atoms with Crippen molar-refractivity contribution in [3.8, 4) is 0 Å². The lowest BCUT2D eigenvalue weighted by molar-refractivity contribution is -0.139. The molecule has 1 aliphatic heterocycles.